The van der Waals surface area contributed by atoms with Crippen LogP contribution in [-0.2, 0) is 47.7 Å². The predicted molar refractivity (Wildman–Crippen MR) is 242 cm³/mol. The summed E-state index contributed by atoms with van der Waals surface area (Å²) in [6, 6.07) is 5.77. The second-order valence-electron chi connectivity index (χ2n) is 15.4. The summed E-state index contributed by atoms with van der Waals surface area (Å²) in [5.41, 5.74) is -1.30. The first-order chi connectivity index (χ1) is 27.2. The number of nitrogens with one attached hydrogen (secondary N) is 1. The Hall–Kier alpha value is -4.82. The van der Waals surface area contributed by atoms with Crippen LogP contribution in [0.15, 0.2) is 24.3 Å². The van der Waals surface area contributed by atoms with Crippen molar-refractivity contribution < 1.29 is 67.5 Å². The van der Waals surface area contributed by atoms with E-state index < -0.39 is 46.5 Å². The highest BCUT2D eigenvalue weighted by atomic mass is 16.6. The highest BCUT2D eigenvalue weighted by Gasteiger charge is 2.37. The Morgan fingerprint density at radius 2 is 1.06 bits per heavy atom. The molecule has 0 heterocycles. The number of hydrogen-bond acceptors (Lipinski definition) is 12. The van der Waals surface area contributed by atoms with Crippen molar-refractivity contribution in [3.8, 4) is 0 Å². The van der Waals surface area contributed by atoms with E-state index in [1.165, 1.54) is 25.1 Å². The molecule has 15 heteroatoms. The molecule has 2 atom stereocenters. The van der Waals surface area contributed by atoms with E-state index in [0.717, 1.165) is 51.5 Å². The SMILES string of the molecule is C.C.C.C.CC(=O)CCCCCCCNC(C)=O.CCC(C)(C)C(=O)OCCOC(=O)C1CCCCC1C(=O)O.CCC(C)(C)C(=O)OCCOC(=O)c1ccccc1C(=O)O. The van der Waals surface area contributed by atoms with Gasteiger partial charge < -0.3 is 39.3 Å². The molecular formula is C47H83NO14. The largest absolute Gasteiger partial charge is 0.481 e. The fourth-order valence-corrected chi connectivity index (χ4v) is 5.26. The second kappa shape index (κ2) is 35.7. The minimum Gasteiger partial charge on any atom is -0.481 e. The topological polar surface area (TPSA) is 226 Å². The van der Waals surface area contributed by atoms with Gasteiger partial charge in [-0.2, -0.15) is 0 Å². The van der Waals surface area contributed by atoms with Crippen molar-refractivity contribution >= 4 is 47.5 Å². The van der Waals surface area contributed by atoms with E-state index in [2.05, 4.69) is 5.32 Å². The van der Waals surface area contributed by atoms with Gasteiger partial charge in [-0.3, -0.25) is 24.0 Å². The number of carbonyl (C=O) groups excluding carboxylic acids is 6. The van der Waals surface area contributed by atoms with Crippen LogP contribution in [0.2, 0.25) is 0 Å². The maximum atomic E-state index is 12.0. The molecule has 0 bridgehead atoms. The number of aliphatic carboxylic acids is 1. The van der Waals surface area contributed by atoms with Gasteiger partial charge in [0.2, 0.25) is 5.91 Å². The Kier molecular flexibility index (Phi) is 38.2. The summed E-state index contributed by atoms with van der Waals surface area (Å²) in [4.78, 5) is 90.6. The molecule has 1 aromatic rings. The number of Topliss-reactive ketones (excluding diaryl/α,β-unsaturated/α-hetero) is 1. The number of carbonyl (C=O) groups is 8. The molecule has 2 rings (SSSR count). The summed E-state index contributed by atoms with van der Waals surface area (Å²) in [6.45, 7) is 14.6. The molecule has 0 saturated heterocycles. The Morgan fingerprint density at radius 3 is 1.52 bits per heavy atom. The van der Waals surface area contributed by atoms with Crippen molar-refractivity contribution in [1.29, 1.82) is 0 Å². The van der Waals surface area contributed by atoms with Crippen molar-refractivity contribution in [3.05, 3.63) is 35.4 Å². The summed E-state index contributed by atoms with van der Waals surface area (Å²) in [6.07, 6.45) is 10.2. The predicted octanol–water partition coefficient (Wildman–Crippen LogP) is 9.52. The van der Waals surface area contributed by atoms with Gasteiger partial charge in [-0.25, -0.2) is 9.59 Å². The third-order valence-electron chi connectivity index (χ3n) is 9.83. The normalized spacial score (nSPS) is 13.9. The molecular weight excluding hydrogens is 803 g/mol. The molecule has 360 valence electrons. The molecule has 1 aliphatic rings. The summed E-state index contributed by atoms with van der Waals surface area (Å²) >= 11 is 0. The monoisotopic (exact) mass is 886 g/mol. The lowest BCUT2D eigenvalue weighted by atomic mass is 9.79. The second-order valence-corrected chi connectivity index (χ2v) is 15.4. The van der Waals surface area contributed by atoms with Crippen LogP contribution in [0, 0.1) is 22.7 Å². The average Bonchev–Trinajstić information content (AvgIpc) is 3.18. The van der Waals surface area contributed by atoms with Gasteiger partial charge in [-0.1, -0.05) is 87.8 Å². The van der Waals surface area contributed by atoms with Crippen LogP contribution < -0.4 is 5.32 Å². The zero-order valence-electron chi connectivity index (χ0n) is 35.8. The van der Waals surface area contributed by atoms with Crippen LogP contribution in [0.5, 0.6) is 0 Å². The van der Waals surface area contributed by atoms with Crippen LogP contribution in [0.3, 0.4) is 0 Å². The van der Waals surface area contributed by atoms with Gasteiger partial charge in [0.05, 0.1) is 33.8 Å². The van der Waals surface area contributed by atoms with Gasteiger partial charge in [-0.15, -0.1) is 0 Å². The molecule has 62 heavy (non-hydrogen) atoms. The molecule has 0 spiro atoms. The lowest BCUT2D eigenvalue weighted by Gasteiger charge is -2.26. The summed E-state index contributed by atoms with van der Waals surface area (Å²) in [5, 5.41) is 20.9. The number of carboxylic acid groups (broad SMARTS) is 2. The number of amides is 1. The van der Waals surface area contributed by atoms with Crippen molar-refractivity contribution in [2.24, 2.45) is 22.7 Å². The maximum absolute atomic E-state index is 12.0. The minimum absolute atomic E-state index is 0. The average molecular weight is 886 g/mol. The zero-order valence-corrected chi connectivity index (χ0v) is 35.8. The van der Waals surface area contributed by atoms with Gasteiger partial charge in [-0.05, 0) is 85.3 Å². The molecule has 1 aromatic carbocycles. The number of rotatable bonds is 22. The number of ether oxygens (including phenoxy) is 4. The van der Waals surface area contributed by atoms with Gasteiger partial charge in [0.15, 0.2) is 0 Å². The van der Waals surface area contributed by atoms with Gasteiger partial charge in [0, 0.05) is 19.9 Å². The number of benzene rings is 1. The van der Waals surface area contributed by atoms with E-state index in [4.69, 9.17) is 29.2 Å². The van der Waals surface area contributed by atoms with E-state index in [-0.39, 0.29) is 90.9 Å². The molecule has 0 aromatic heterocycles. The molecule has 0 aliphatic heterocycles. The highest BCUT2D eigenvalue weighted by Crippen LogP contribution is 2.31. The fraction of sp³-hybridized carbons (Fsp3) is 0.702. The first kappa shape index (κ1) is 66.3. The number of unbranched alkanes of at least 4 members (excludes halogenated alkanes) is 4. The van der Waals surface area contributed by atoms with Crippen molar-refractivity contribution in [2.75, 3.05) is 33.0 Å². The smallest absolute Gasteiger partial charge is 0.339 e. The van der Waals surface area contributed by atoms with E-state index in [1.807, 2.05) is 13.8 Å². The minimum atomic E-state index is -1.20. The molecule has 1 amide bonds. The molecule has 1 saturated carbocycles. The summed E-state index contributed by atoms with van der Waals surface area (Å²) in [5.74, 6) is -5.03. The third kappa shape index (κ3) is 27.9. The number of ketones is 1. The quantitative estimate of drug-likeness (QED) is 0.0560. The van der Waals surface area contributed by atoms with E-state index >= 15 is 0 Å². The molecule has 1 aliphatic carbocycles. The molecule has 1 fully saturated rings. The van der Waals surface area contributed by atoms with Crippen LogP contribution in [0.25, 0.3) is 0 Å². The van der Waals surface area contributed by atoms with E-state index in [9.17, 15) is 38.4 Å². The Bertz CT molecular complexity index is 1470. The number of esters is 4. The number of hydrogen-bond donors (Lipinski definition) is 3. The first-order valence-electron chi connectivity index (χ1n) is 20.2. The third-order valence-corrected chi connectivity index (χ3v) is 9.83. The molecule has 3 N–H and O–H groups in total. The van der Waals surface area contributed by atoms with Crippen molar-refractivity contribution in [3.63, 3.8) is 0 Å². The van der Waals surface area contributed by atoms with Crippen molar-refractivity contribution in [2.45, 2.75) is 162 Å². The Morgan fingerprint density at radius 1 is 0.629 bits per heavy atom. The van der Waals surface area contributed by atoms with Crippen LogP contribution in [-0.4, -0.2) is 90.7 Å². The van der Waals surface area contributed by atoms with E-state index in [1.54, 1.807) is 40.7 Å². The summed E-state index contributed by atoms with van der Waals surface area (Å²) < 4.78 is 20.1. The number of aromatic carboxylic acids is 1. The fourth-order valence-electron chi connectivity index (χ4n) is 5.26. The van der Waals surface area contributed by atoms with Gasteiger partial charge in [0.1, 0.15) is 32.2 Å². The standard InChI is InChI=1S/C16H26O6.C16H20O6.C11H21NO2.4CH4/c2*1-4-16(2,3)15(20)22-10-9-21-14(19)12-8-6-5-7-11(12)13(17)18;1-10(13)8-6-4-3-5-7-9-12-11(2)14;;;;/h11-12H,4-10H2,1-3H3,(H,17,18);5-8H,4,9-10H2,1-3H3,(H,17,18);3-9H2,1-2H3,(H,12,14);4*1H4. The zero-order chi connectivity index (χ0) is 44.3. The van der Waals surface area contributed by atoms with E-state index in [0.29, 0.717) is 32.1 Å². The molecule has 15 nitrogen and oxygen atoms in total. The summed E-state index contributed by atoms with van der Waals surface area (Å²) in [7, 11) is 0. The maximum Gasteiger partial charge on any atom is 0.339 e. The molecule has 2 unspecified atom stereocenters. The first-order valence-corrected chi connectivity index (χ1v) is 20.2. The van der Waals surface area contributed by atoms with Crippen LogP contribution in [0.1, 0.15) is 183 Å². The lowest BCUT2D eigenvalue weighted by Crippen LogP contribution is -2.34. The Balaban J connectivity index is -0.000000260. The van der Waals surface area contributed by atoms with Crippen LogP contribution >= 0.6 is 0 Å². The highest BCUT2D eigenvalue weighted by molar-refractivity contribution is 6.02. The molecule has 0 radical (unpaired) electrons. The number of carboxylic acids is 2. The van der Waals surface area contributed by atoms with Crippen LogP contribution in [0.4, 0.5) is 0 Å². The van der Waals surface area contributed by atoms with Crippen molar-refractivity contribution in [1.82, 2.24) is 5.32 Å². The Labute approximate surface area is 372 Å². The lowest BCUT2D eigenvalue weighted by molar-refractivity contribution is -0.164. The van der Waals surface area contributed by atoms with Gasteiger partial charge in [0.25, 0.3) is 0 Å². The van der Waals surface area contributed by atoms with Gasteiger partial charge >= 0.3 is 35.8 Å².